The summed E-state index contributed by atoms with van der Waals surface area (Å²) in [6.07, 6.45) is 14.8. The number of aldehydes is 1. The Bertz CT molecular complexity index is 1480. The second-order valence-electron chi connectivity index (χ2n) is 10.0. The molecule has 208 valence electrons. The highest BCUT2D eigenvalue weighted by atomic mass is 16.1. The van der Waals surface area contributed by atoms with E-state index in [0.717, 1.165) is 55.6 Å². The lowest BCUT2D eigenvalue weighted by Gasteiger charge is -2.10. The first kappa shape index (κ1) is 28.8. The van der Waals surface area contributed by atoms with Crippen LogP contribution >= 0.6 is 0 Å². The molecule has 40 heavy (non-hydrogen) atoms. The van der Waals surface area contributed by atoms with E-state index < -0.39 is 0 Å². The summed E-state index contributed by atoms with van der Waals surface area (Å²) in [4.78, 5) is 40.6. The average molecular weight is 539 g/mol. The van der Waals surface area contributed by atoms with Gasteiger partial charge in [-0.1, -0.05) is 55.3 Å². The summed E-state index contributed by atoms with van der Waals surface area (Å²) in [5, 5.41) is 3.15. The Hall–Kier alpha value is -4.17. The van der Waals surface area contributed by atoms with Crippen molar-refractivity contribution >= 4 is 12.4 Å². The fraction of sp³-hybridized carbons (Fsp3) is 0.344. The highest BCUT2D eigenvalue weighted by Crippen LogP contribution is 2.23. The van der Waals surface area contributed by atoms with E-state index in [0.29, 0.717) is 23.5 Å². The number of rotatable bonds is 9. The number of aromatic nitrogens is 5. The molecule has 0 atom stereocenters. The Morgan fingerprint density at radius 2 is 1.93 bits per heavy atom. The molecule has 1 aliphatic carbocycles. The van der Waals surface area contributed by atoms with Gasteiger partial charge in [-0.15, -0.1) is 0 Å². The lowest BCUT2D eigenvalue weighted by molar-refractivity contribution is -0.108. The minimum absolute atomic E-state index is 0.0374. The monoisotopic (exact) mass is 538 g/mol. The van der Waals surface area contributed by atoms with Crippen molar-refractivity contribution < 1.29 is 4.79 Å². The zero-order valence-corrected chi connectivity index (χ0v) is 23.6. The molecule has 3 heterocycles. The summed E-state index contributed by atoms with van der Waals surface area (Å²) >= 11 is 0. The number of aromatic amines is 1. The molecule has 1 aromatic carbocycles. The number of hydrogen-bond donors (Lipinski definition) is 2. The molecule has 0 saturated heterocycles. The largest absolute Gasteiger partial charge is 0.341 e. The Morgan fingerprint density at radius 3 is 2.65 bits per heavy atom. The molecule has 2 N–H and O–H groups in total. The Labute approximate surface area is 235 Å². The molecule has 0 fully saturated rings. The molecule has 0 radical (unpaired) electrons. The van der Waals surface area contributed by atoms with Gasteiger partial charge in [-0.05, 0) is 63.3 Å². The maximum atomic E-state index is 13.0. The summed E-state index contributed by atoms with van der Waals surface area (Å²) < 4.78 is 1.40. The summed E-state index contributed by atoms with van der Waals surface area (Å²) in [5.74, 6) is 1.03. The highest BCUT2D eigenvalue weighted by Gasteiger charge is 2.19. The number of benzene rings is 1. The smallest absolute Gasteiger partial charge is 0.265 e. The van der Waals surface area contributed by atoms with Gasteiger partial charge in [-0.25, -0.2) is 9.97 Å². The lowest BCUT2D eigenvalue weighted by atomic mass is 10.0. The van der Waals surface area contributed by atoms with Gasteiger partial charge in [0.2, 0.25) is 0 Å². The van der Waals surface area contributed by atoms with Gasteiger partial charge in [-0.3, -0.25) is 14.3 Å². The lowest BCUT2D eigenvalue weighted by Crippen LogP contribution is -2.25. The van der Waals surface area contributed by atoms with Gasteiger partial charge in [0.1, 0.15) is 23.5 Å². The number of nitrogens with zero attached hydrogens (tertiary/aromatic N) is 4. The molecule has 0 aliphatic heterocycles. The zero-order valence-electron chi connectivity index (χ0n) is 23.6. The molecule has 3 aromatic heterocycles. The second kappa shape index (κ2) is 14.3. The van der Waals surface area contributed by atoms with Gasteiger partial charge < -0.3 is 15.1 Å². The molecular formula is C32H38N6O2. The summed E-state index contributed by atoms with van der Waals surface area (Å²) in [6, 6.07) is 11.5. The number of fused-ring (bicyclic) bond motifs is 1. The molecule has 0 bridgehead atoms. The minimum atomic E-state index is -0.257. The van der Waals surface area contributed by atoms with Crippen molar-refractivity contribution in [2.45, 2.75) is 58.9 Å². The molecule has 0 unspecified atom stereocenters. The fourth-order valence-corrected chi connectivity index (χ4v) is 4.95. The van der Waals surface area contributed by atoms with Crippen LogP contribution in [0, 0.1) is 0 Å². The quantitative estimate of drug-likeness (QED) is 0.290. The van der Waals surface area contributed by atoms with Crippen molar-refractivity contribution in [1.82, 2.24) is 29.8 Å². The maximum Gasteiger partial charge on any atom is 0.265 e. The number of likely N-dealkylation sites (N-methyl/N-ethyl adjacent to an activating group) is 1. The van der Waals surface area contributed by atoms with Crippen LogP contribution in [0.25, 0.3) is 28.9 Å². The van der Waals surface area contributed by atoms with Crippen LogP contribution in [0.15, 0.2) is 65.4 Å². The third-order valence-electron chi connectivity index (χ3n) is 6.87. The normalized spacial score (nSPS) is 12.8. The van der Waals surface area contributed by atoms with Crippen LogP contribution in [0.5, 0.6) is 0 Å². The summed E-state index contributed by atoms with van der Waals surface area (Å²) in [7, 11) is 1.97. The minimum Gasteiger partial charge on any atom is -0.341 e. The predicted octanol–water partition coefficient (Wildman–Crippen LogP) is 5.03. The van der Waals surface area contributed by atoms with Gasteiger partial charge >= 0.3 is 0 Å². The van der Waals surface area contributed by atoms with Gasteiger partial charge in [0.15, 0.2) is 0 Å². The van der Waals surface area contributed by atoms with Crippen molar-refractivity contribution in [1.29, 1.82) is 0 Å². The number of imidazole rings is 1. The van der Waals surface area contributed by atoms with E-state index in [1.807, 2.05) is 49.8 Å². The van der Waals surface area contributed by atoms with Crippen LogP contribution in [-0.2, 0) is 30.6 Å². The molecule has 0 saturated carbocycles. The molecule has 8 heteroatoms. The number of H-pyrrole nitrogens is 1. The van der Waals surface area contributed by atoms with Crippen LogP contribution in [0.1, 0.15) is 55.6 Å². The molecule has 1 aliphatic rings. The topological polar surface area (TPSA) is 106 Å². The van der Waals surface area contributed by atoms with E-state index in [9.17, 15) is 9.59 Å². The van der Waals surface area contributed by atoms with Crippen molar-refractivity contribution in [3.05, 3.63) is 93.4 Å². The molecule has 4 aromatic rings. The number of carbonyl (C=O) groups is 1. The third kappa shape index (κ3) is 7.07. The average Bonchev–Trinajstić information content (AvgIpc) is 3.40. The first-order chi connectivity index (χ1) is 19.5. The second-order valence-corrected chi connectivity index (χ2v) is 10.0. The highest BCUT2D eigenvalue weighted by molar-refractivity contribution is 5.62. The molecule has 8 nitrogen and oxygen atoms in total. The van der Waals surface area contributed by atoms with Crippen LogP contribution in [0.2, 0.25) is 0 Å². The van der Waals surface area contributed by atoms with E-state index in [2.05, 4.69) is 51.2 Å². The van der Waals surface area contributed by atoms with E-state index in [4.69, 9.17) is 0 Å². The predicted molar refractivity (Wildman–Crippen MR) is 160 cm³/mol. The van der Waals surface area contributed by atoms with E-state index >= 15 is 0 Å². The SMILES string of the molecule is CCCc1ccncc1/C=C(\C)CNC.O=CCn1c(-c2ccccc2)ncc(-c2nc3c([nH]2)CCCC3)c1=O. The summed E-state index contributed by atoms with van der Waals surface area (Å²) in [6.45, 7) is 5.23. The molecule has 5 rings (SSSR count). The van der Waals surface area contributed by atoms with Gasteiger partial charge in [-0.2, -0.15) is 0 Å². The number of nitrogens with one attached hydrogen (secondary N) is 2. The third-order valence-corrected chi connectivity index (χ3v) is 6.87. The van der Waals surface area contributed by atoms with Crippen molar-refractivity contribution in [3.63, 3.8) is 0 Å². The van der Waals surface area contributed by atoms with Crippen LogP contribution in [-0.4, -0.2) is 44.4 Å². The van der Waals surface area contributed by atoms with Crippen molar-refractivity contribution in [2.75, 3.05) is 13.6 Å². The molecule has 0 amide bonds. The fourth-order valence-electron chi connectivity index (χ4n) is 4.95. The first-order valence-electron chi connectivity index (χ1n) is 14.0. The van der Waals surface area contributed by atoms with Crippen LogP contribution in [0.4, 0.5) is 0 Å². The Morgan fingerprint density at radius 1 is 1.12 bits per heavy atom. The van der Waals surface area contributed by atoms with Crippen molar-refractivity contribution in [3.8, 4) is 22.8 Å². The number of carbonyl (C=O) groups excluding carboxylic acids is 1. The van der Waals surface area contributed by atoms with Crippen LogP contribution < -0.4 is 10.9 Å². The number of pyridine rings is 1. The van der Waals surface area contributed by atoms with E-state index in [1.54, 1.807) is 6.20 Å². The van der Waals surface area contributed by atoms with Crippen LogP contribution in [0.3, 0.4) is 0 Å². The standard InChI is InChI=1S/C19H18N4O2.C13H20N2/c24-11-10-23-18(13-6-2-1-3-7-13)20-12-14(19(23)25)17-21-15-8-4-5-9-16(15)22-17;1-4-5-12-6-7-15-10-13(12)8-11(2)9-14-3/h1-3,6-7,11-12H,4-5,8-10H2,(H,21,22);6-8,10,14H,4-5,9H2,1-3H3/b;11-8+. The van der Waals surface area contributed by atoms with E-state index in [1.165, 1.54) is 27.7 Å². The Kier molecular flexibility index (Phi) is 10.3. The first-order valence-corrected chi connectivity index (χ1v) is 14.0. The van der Waals surface area contributed by atoms with Gasteiger partial charge in [0.25, 0.3) is 5.56 Å². The Balaban J connectivity index is 0.000000212. The molecular weight excluding hydrogens is 500 g/mol. The maximum absolute atomic E-state index is 13.0. The summed E-state index contributed by atoms with van der Waals surface area (Å²) in [5.41, 5.74) is 7.07. The van der Waals surface area contributed by atoms with Crippen molar-refractivity contribution in [2.24, 2.45) is 0 Å². The van der Waals surface area contributed by atoms with Gasteiger partial charge in [0.05, 0.1) is 12.2 Å². The number of aryl methyl sites for hydroxylation is 3. The molecule has 0 spiro atoms. The van der Waals surface area contributed by atoms with E-state index in [-0.39, 0.29) is 12.1 Å². The zero-order chi connectivity index (χ0) is 28.3. The number of hydrogen-bond acceptors (Lipinski definition) is 6. The van der Waals surface area contributed by atoms with Gasteiger partial charge in [0, 0.05) is 36.4 Å².